The van der Waals surface area contributed by atoms with Gasteiger partial charge in [0.05, 0.1) is 7.11 Å². The van der Waals surface area contributed by atoms with E-state index in [1.807, 2.05) is 18.2 Å². The molecule has 1 aromatic rings. The number of hydrogen-bond acceptors (Lipinski definition) is 3. The third-order valence-electron chi connectivity index (χ3n) is 4.67. The summed E-state index contributed by atoms with van der Waals surface area (Å²) in [6, 6.07) is 10.2. The molecule has 112 valence electrons. The van der Waals surface area contributed by atoms with Gasteiger partial charge in [0.15, 0.2) is 5.78 Å². The van der Waals surface area contributed by atoms with Gasteiger partial charge in [-0.2, -0.15) is 0 Å². The lowest BCUT2D eigenvalue weighted by atomic mass is 9.77. The van der Waals surface area contributed by atoms with E-state index >= 15 is 0 Å². The maximum absolute atomic E-state index is 12.1. The quantitative estimate of drug-likeness (QED) is 0.474. The number of ether oxygens (including phenoxy) is 1. The summed E-state index contributed by atoms with van der Waals surface area (Å²) in [4.78, 5) is 24.1. The number of Topliss-reactive ketones (excluding diaryl/α,β-unsaturated/α-hetero) is 1. The van der Waals surface area contributed by atoms with Crippen LogP contribution in [0.1, 0.15) is 31.7 Å². The number of ketones is 1. The summed E-state index contributed by atoms with van der Waals surface area (Å²) in [5.74, 6) is -0.406. The molecule has 0 radical (unpaired) electrons. The summed E-state index contributed by atoms with van der Waals surface area (Å²) >= 11 is 0. The molecule has 0 bridgehead atoms. The summed E-state index contributed by atoms with van der Waals surface area (Å²) in [7, 11) is 1.33. The monoisotopic (exact) mass is 286 g/mol. The average molecular weight is 286 g/mol. The standard InChI is InChI=1S/C18H22O3/c1-13-16(10-9-15-7-5-4-6-8-15)11-12-18(13,14(2)19)17(20)21-3/h4-8,16H,1,9-12H2,2-3H3/t16-,18-/m1/s1. The van der Waals surface area contributed by atoms with Crippen LogP contribution in [0, 0.1) is 11.3 Å². The topological polar surface area (TPSA) is 43.4 Å². The Labute approximate surface area is 126 Å². The first-order valence-electron chi connectivity index (χ1n) is 7.35. The van der Waals surface area contributed by atoms with E-state index in [9.17, 15) is 9.59 Å². The van der Waals surface area contributed by atoms with Crippen LogP contribution >= 0.6 is 0 Å². The van der Waals surface area contributed by atoms with Crippen LogP contribution in [0.15, 0.2) is 42.5 Å². The molecule has 0 heterocycles. The molecule has 3 heteroatoms. The fourth-order valence-electron chi connectivity index (χ4n) is 3.33. The molecule has 0 aromatic heterocycles. The van der Waals surface area contributed by atoms with Crippen molar-refractivity contribution < 1.29 is 14.3 Å². The highest BCUT2D eigenvalue weighted by molar-refractivity contribution is 6.06. The smallest absolute Gasteiger partial charge is 0.323 e. The second-order valence-electron chi connectivity index (χ2n) is 5.74. The van der Waals surface area contributed by atoms with Crippen LogP contribution in [-0.2, 0) is 20.7 Å². The van der Waals surface area contributed by atoms with Gasteiger partial charge in [0, 0.05) is 0 Å². The van der Waals surface area contributed by atoms with Crippen LogP contribution < -0.4 is 0 Å². The fraction of sp³-hybridized carbons (Fsp3) is 0.444. The number of carbonyl (C=O) groups excluding carboxylic acids is 2. The first-order valence-corrected chi connectivity index (χ1v) is 7.35. The first-order chi connectivity index (χ1) is 10.0. The minimum Gasteiger partial charge on any atom is -0.468 e. The highest BCUT2D eigenvalue weighted by Gasteiger charge is 2.52. The molecule has 2 atom stereocenters. The predicted octanol–water partition coefficient (Wildman–Crippen LogP) is 3.33. The third-order valence-corrected chi connectivity index (χ3v) is 4.67. The number of hydrogen-bond donors (Lipinski definition) is 0. The lowest BCUT2D eigenvalue weighted by Crippen LogP contribution is -2.38. The van der Waals surface area contributed by atoms with Crippen molar-refractivity contribution in [2.75, 3.05) is 7.11 Å². The second kappa shape index (κ2) is 6.25. The molecule has 3 nitrogen and oxygen atoms in total. The van der Waals surface area contributed by atoms with Gasteiger partial charge in [0.25, 0.3) is 0 Å². The Bertz CT molecular complexity index is 547. The lowest BCUT2D eigenvalue weighted by molar-refractivity contribution is -0.154. The van der Waals surface area contributed by atoms with E-state index in [0.29, 0.717) is 6.42 Å². The van der Waals surface area contributed by atoms with Gasteiger partial charge in [-0.1, -0.05) is 36.9 Å². The minimum atomic E-state index is -1.11. The van der Waals surface area contributed by atoms with Crippen LogP contribution in [0.25, 0.3) is 0 Å². The van der Waals surface area contributed by atoms with Gasteiger partial charge in [-0.3, -0.25) is 9.59 Å². The summed E-state index contributed by atoms with van der Waals surface area (Å²) in [6.45, 7) is 5.53. The number of rotatable bonds is 5. The maximum atomic E-state index is 12.1. The van der Waals surface area contributed by atoms with E-state index in [1.54, 1.807) is 0 Å². The maximum Gasteiger partial charge on any atom is 0.323 e. The van der Waals surface area contributed by atoms with Crippen molar-refractivity contribution in [3.63, 3.8) is 0 Å². The molecule has 1 saturated carbocycles. The Morgan fingerprint density at radius 2 is 2.00 bits per heavy atom. The van der Waals surface area contributed by atoms with E-state index < -0.39 is 11.4 Å². The Morgan fingerprint density at radius 3 is 2.57 bits per heavy atom. The molecule has 0 saturated heterocycles. The van der Waals surface area contributed by atoms with Crippen LogP contribution in [0.5, 0.6) is 0 Å². The third kappa shape index (κ3) is 2.78. The molecule has 1 fully saturated rings. The molecular formula is C18H22O3. The average Bonchev–Trinajstić information content (AvgIpc) is 2.83. The van der Waals surface area contributed by atoms with Crippen LogP contribution in [0.3, 0.4) is 0 Å². The van der Waals surface area contributed by atoms with Gasteiger partial charge in [-0.15, -0.1) is 0 Å². The molecule has 2 rings (SSSR count). The Morgan fingerprint density at radius 1 is 1.33 bits per heavy atom. The Balaban J connectivity index is 2.10. The molecule has 0 amide bonds. The minimum absolute atomic E-state index is 0.151. The largest absolute Gasteiger partial charge is 0.468 e. The van der Waals surface area contributed by atoms with Crippen molar-refractivity contribution in [1.29, 1.82) is 0 Å². The summed E-state index contributed by atoms with van der Waals surface area (Å²) in [5, 5.41) is 0. The van der Waals surface area contributed by atoms with Crippen molar-refractivity contribution in [2.45, 2.75) is 32.6 Å². The normalized spacial score (nSPS) is 24.9. The summed E-state index contributed by atoms with van der Waals surface area (Å²) in [5.41, 5.74) is 0.886. The van der Waals surface area contributed by atoms with Gasteiger partial charge < -0.3 is 4.74 Å². The number of carbonyl (C=O) groups is 2. The highest BCUT2D eigenvalue weighted by atomic mass is 16.5. The number of esters is 1. The van der Waals surface area contributed by atoms with E-state index in [4.69, 9.17) is 4.74 Å². The Kier molecular flexibility index (Phi) is 4.61. The summed E-state index contributed by atoms with van der Waals surface area (Å²) in [6.07, 6.45) is 3.18. The number of methoxy groups -OCH3 is 1. The zero-order chi connectivity index (χ0) is 15.5. The zero-order valence-corrected chi connectivity index (χ0v) is 12.7. The zero-order valence-electron chi connectivity index (χ0n) is 12.7. The molecule has 0 N–H and O–H groups in total. The van der Waals surface area contributed by atoms with Crippen molar-refractivity contribution in [3.8, 4) is 0 Å². The lowest BCUT2D eigenvalue weighted by Gasteiger charge is -2.25. The molecule has 1 aliphatic rings. The molecule has 0 spiro atoms. The van der Waals surface area contributed by atoms with E-state index in [0.717, 1.165) is 24.8 Å². The molecule has 1 aliphatic carbocycles. The first kappa shape index (κ1) is 15.5. The van der Waals surface area contributed by atoms with Gasteiger partial charge in [-0.25, -0.2) is 0 Å². The summed E-state index contributed by atoms with van der Waals surface area (Å²) < 4.78 is 4.86. The Hall–Kier alpha value is -1.90. The molecular weight excluding hydrogens is 264 g/mol. The van der Waals surface area contributed by atoms with Crippen molar-refractivity contribution in [3.05, 3.63) is 48.0 Å². The number of benzene rings is 1. The second-order valence-corrected chi connectivity index (χ2v) is 5.74. The molecule has 21 heavy (non-hydrogen) atoms. The molecule has 1 aromatic carbocycles. The SMILES string of the molecule is C=C1[C@H](CCc2ccccc2)CC[C@@]1(C(C)=O)C(=O)OC. The van der Waals surface area contributed by atoms with Gasteiger partial charge in [0.1, 0.15) is 5.41 Å². The van der Waals surface area contributed by atoms with Gasteiger partial charge in [0.2, 0.25) is 0 Å². The highest BCUT2D eigenvalue weighted by Crippen LogP contribution is 2.48. The van der Waals surface area contributed by atoms with Crippen LogP contribution in [0.2, 0.25) is 0 Å². The number of aryl methyl sites for hydroxylation is 1. The fourth-order valence-corrected chi connectivity index (χ4v) is 3.33. The molecule has 0 aliphatic heterocycles. The predicted molar refractivity (Wildman–Crippen MR) is 81.8 cm³/mol. The van der Waals surface area contributed by atoms with Gasteiger partial charge in [-0.05, 0) is 49.7 Å². The molecule has 0 unspecified atom stereocenters. The van der Waals surface area contributed by atoms with Crippen LogP contribution in [-0.4, -0.2) is 18.9 Å². The van der Waals surface area contributed by atoms with Crippen molar-refractivity contribution in [2.24, 2.45) is 11.3 Å². The van der Waals surface area contributed by atoms with Crippen LogP contribution in [0.4, 0.5) is 0 Å². The van der Waals surface area contributed by atoms with Crippen molar-refractivity contribution >= 4 is 11.8 Å². The van der Waals surface area contributed by atoms with Crippen molar-refractivity contribution in [1.82, 2.24) is 0 Å². The van der Waals surface area contributed by atoms with E-state index in [-0.39, 0.29) is 11.7 Å². The van der Waals surface area contributed by atoms with E-state index in [2.05, 4.69) is 18.7 Å². The van der Waals surface area contributed by atoms with E-state index in [1.165, 1.54) is 19.6 Å². The van der Waals surface area contributed by atoms with Gasteiger partial charge >= 0.3 is 5.97 Å².